The van der Waals surface area contributed by atoms with Crippen LogP contribution in [-0.2, 0) is 14.8 Å². The lowest BCUT2D eigenvalue weighted by molar-refractivity contribution is 0.0223. The summed E-state index contributed by atoms with van der Waals surface area (Å²) in [6.45, 7) is 5.11. The SMILES string of the molecule is CNS(=O)(=O)C(C)C(C)(C)OC. The normalized spacial score (nSPS) is 16.1. The maximum atomic E-state index is 11.3. The van der Waals surface area contributed by atoms with Crippen LogP contribution >= 0.6 is 0 Å². The van der Waals surface area contributed by atoms with Crippen LogP contribution in [0.2, 0.25) is 0 Å². The van der Waals surface area contributed by atoms with Gasteiger partial charge in [-0.05, 0) is 27.8 Å². The van der Waals surface area contributed by atoms with Crippen molar-refractivity contribution in [1.82, 2.24) is 4.72 Å². The van der Waals surface area contributed by atoms with E-state index < -0.39 is 20.9 Å². The van der Waals surface area contributed by atoms with E-state index in [2.05, 4.69) is 4.72 Å². The van der Waals surface area contributed by atoms with Crippen LogP contribution in [0.3, 0.4) is 0 Å². The molecule has 0 rings (SSSR count). The standard InChI is InChI=1S/C7H17NO3S/c1-6(7(2,3)11-5)12(9,10)8-4/h6,8H,1-5H3. The van der Waals surface area contributed by atoms with Gasteiger partial charge in [0.1, 0.15) is 5.25 Å². The summed E-state index contributed by atoms with van der Waals surface area (Å²) in [6, 6.07) is 0. The molecule has 0 saturated heterocycles. The van der Waals surface area contributed by atoms with Crippen molar-refractivity contribution in [2.75, 3.05) is 14.2 Å². The summed E-state index contributed by atoms with van der Waals surface area (Å²) >= 11 is 0. The summed E-state index contributed by atoms with van der Waals surface area (Å²) in [7, 11) is -0.341. The fourth-order valence-electron chi connectivity index (χ4n) is 0.716. The Morgan fingerprint density at radius 3 is 2.08 bits per heavy atom. The molecule has 1 N–H and O–H groups in total. The van der Waals surface area contributed by atoms with Crippen molar-refractivity contribution in [2.24, 2.45) is 0 Å². The topological polar surface area (TPSA) is 55.4 Å². The highest BCUT2D eigenvalue weighted by Gasteiger charge is 2.34. The van der Waals surface area contributed by atoms with E-state index in [4.69, 9.17) is 4.74 Å². The predicted octanol–water partition coefficient (Wildman–Crippen LogP) is 0.349. The van der Waals surface area contributed by atoms with Gasteiger partial charge in [-0.2, -0.15) is 0 Å². The highest BCUT2D eigenvalue weighted by atomic mass is 32.2. The Kier molecular flexibility index (Phi) is 3.68. The molecule has 0 spiro atoms. The summed E-state index contributed by atoms with van der Waals surface area (Å²) in [5.41, 5.74) is -0.665. The Morgan fingerprint density at radius 1 is 1.42 bits per heavy atom. The molecule has 0 radical (unpaired) electrons. The van der Waals surface area contributed by atoms with Crippen LogP contribution in [0.5, 0.6) is 0 Å². The summed E-state index contributed by atoms with van der Waals surface area (Å²) in [6.07, 6.45) is 0. The highest BCUT2D eigenvalue weighted by molar-refractivity contribution is 7.90. The third kappa shape index (κ3) is 2.43. The predicted molar refractivity (Wildman–Crippen MR) is 48.5 cm³/mol. The van der Waals surface area contributed by atoms with E-state index >= 15 is 0 Å². The first-order chi connectivity index (χ1) is 5.28. The van der Waals surface area contributed by atoms with Crippen LogP contribution in [0.4, 0.5) is 0 Å². The Morgan fingerprint density at radius 2 is 1.83 bits per heavy atom. The van der Waals surface area contributed by atoms with E-state index in [1.807, 2.05) is 0 Å². The van der Waals surface area contributed by atoms with Crippen LogP contribution < -0.4 is 4.72 Å². The maximum Gasteiger partial charge on any atom is 0.216 e. The first-order valence-electron chi connectivity index (χ1n) is 3.75. The fraction of sp³-hybridized carbons (Fsp3) is 1.00. The van der Waals surface area contributed by atoms with E-state index in [-0.39, 0.29) is 0 Å². The largest absolute Gasteiger partial charge is 0.377 e. The van der Waals surface area contributed by atoms with Gasteiger partial charge in [0, 0.05) is 7.11 Å². The van der Waals surface area contributed by atoms with Crippen LogP contribution in [0, 0.1) is 0 Å². The molecule has 1 atom stereocenters. The Labute approximate surface area is 74.4 Å². The average Bonchev–Trinajstić information content (AvgIpc) is 2.03. The lowest BCUT2D eigenvalue weighted by Crippen LogP contribution is -2.45. The fourth-order valence-corrected chi connectivity index (χ4v) is 1.91. The molecule has 0 aliphatic heterocycles. The molecule has 0 aromatic rings. The minimum Gasteiger partial charge on any atom is -0.377 e. The third-order valence-corrected chi connectivity index (χ3v) is 4.32. The Bertz CT molecular complexity index is 233. The van der Waals surface area contributed by atoms with Crippen molar-refractivity contribution in [3.63, 3.8) is 0 Å². The first-order valence-corrected chi connectivity index (χ1v) is 5.30. The maximum absolute atomic E-state index is 11.3. The summed E-state index contributed by atoms with van der Waals surface area (Å²) in [5, 5.41) is -0.569. The van der Waals surface area contributed by atoms with Gasteiger partial charge >= 0.3 is 0 Å². The molecular formula is C7H17NO3S. The number of sulfonamides is 1. The van der Waals surface area contributed by atoms with Crippen molar-refractivity contribution >= 4 is 10.0 Å². The summed E-state index contributed by atoms with van der Waals surface area (Å²) < 4.78 is 30.0. The summed E-state index contributed by atoms with van der Waals surface area (Å²) in [4.78, 5) is 0. The number of ether oxygens (including phenoxy) is 1. The van der Waals surface area contributed by atoms with Crippen molar-refractivity contribution in [1.29, 1.82) is 0 Å². The molecule has 4 nitrogen and oxygen atoms in total. The summed E-state index contributed by atoms with van der Waals surface area (Å²) in [5.74, 6) is 0. The van der Waals surface area contributed by atoms with Gasteiger partial charge in [-0.3, -0.25) is 0 Å². The van der Waals surface area contributed by atoms with Crippen LogP contribution in [0.15, 0.2) is 0 Å². The molecule has 0 saturated carbocycles. The van der Waals surface area contributed by atoms with Crippen LogP contribution in [0.25, 0.3) is 0 Å². The molecule has 0 aliphatic rings. The van der Waals surface area contributed by atoms with Gasteiger partial charge in [-0.1, -0.05) is 0 Å². The highest BCUT2D eigenvalue weighted by Crippen LogP contribution is 2.19. The van der Waals surface area contributed by atoms with Gasteiger partial charge in [-0.25, -0.2) is 13.1 Å². The zero-order valence-corrected chi connectivity index (χ0v) is 9.03. The number of methoxy groups -OCH3 is 1. The number of nitrogens with one attached hydrogen (secondary N) is 1. The second kappa shape index (κ2) is 3.72. The van der Waals surface area contributed by atoms with Gasteiger partial charge in [0.15, 0.2) is 0 Å². The molecule has 5 heteroatoms. The third-order valence-electron chi connectivity index (χ3n) is 2.26. The van der Waals surface area contributed by atoms with E-state index in [1.54, 1.807) is 20.8 Å². The monoisotopic (exact) mass is 195 g/mol. The molecule has 12 heavy (non-hydrogen) atoms. The van der Waals surface area contributed by atoms with Crippen molar-refractivity contribution in [3.05, 3.63) is 0 Å². The van der Waals surface area contributed by atoms with Crippen molar-refractivity contribution in [3.8, 4) is 0 Å². The first kappa shape index (κ1) is 11.9. The molecule has 0 bridgehead atoms. The van der Waals surface area contributed by atoms with Gasteiger partial charge in [0.25, 0.3) is 0 Å². The molecule has 0 heterocycles. The number of hydrogen-bond donors (Lipinski definition) is 1. The minimum atomic E-state index is -3.24. The lowest BCUT2D eigenvalue weighted by atomic mass is 10.1. The molecule has 0 aromatic carbocycles. The molecular weight excluding hydrogens is 178 g/mol. The molecule has 1 unspecified atom stereocenters. The second-order valence-corrected chi connectivity index (χ2v) is 5.40. The van der Waals surface area contributed by atoms with Gasteiger partial charge in [-0.15, -0.1) is 0 Å². The second-order valence-electron chi connectivity index (χ2n) is 3.20. The van der Waals surface area contributed by atoms with E-state index in [9.17, 15) is 8.42 Å². The molecule has 0 amide bonds. The zero-order valence-electron chi connectivity index (χ0n) is 8.21. The quantitative estimate of drug-likeness (QED) is 0.704. The van der Waals surface area contributed by atoms with Gasteiger partial charge in [0.05, 0.1) is 5.60 Å². The van der Waals surface area contributed by atoms with Gasteiger partial charge in [0.2, 0.25) is 10.0 Å². The van der Waals surface area contributed by atoms with Crippen LogP contribution in [-0.4, -0.2) is 33.4 Å². The van der Waals surface area contributed by atoms with Gasteiger partial charge < -0.3 is 4.74 Å². The molecule has 0 fully saturated rings. The smallest absolute Gasteiger partial charge is 0.216 e. The van der Waals surface area contributed by atoms with E-state index in [0.717, 1.165) is 0 Å². The average molecular weight is 195 g/mol. The molecule has 0 aromatic heterocycles. The van der Waals surface area contributed by atoms with Crippen molar-refractivity contribution < 1.29 is 13.2 Å². The molecule has 74 valence electrons. The lowest BCUT2D eigenvalue weighted by Gasteiger charge is -2.29. The molecule has 0 aliphatic carbocycles. The minimum absolute atomic E-state index is 0.569. The Balaban J connectivity index is 4.72. The Hall–Kier alpha value is -0.130. The van der Waals surface area contributed by atoms with Crippen molar-refractivity contribution in [2.45, 2.75) is 31.6 Å². The van der Waals surface area contributed by atoms with Crippen LogP contribution in [0.1, 0.15) is 20.8 Å². The number of hydrogen-bond acceptors (Lipinski definition) is 3. The van der Waals surface area contributed by atoms with E-state index in [0.29, 0.717) is 0 Å². The zero-order chi connectivity index (χ0) is 9.99. The van der Waals surface area contributed by atoms with E-state index in [1.165, 1.54) is 14.2 Å². The number of rotatable bonds is 4.